The lowest BCUT2D eigenvalue weighted by Crippen LogP contribution is -2.39. The summed E-state index contributed by atoms with van der Waals surface area (Å²) < 4.78 is 5.75. The van der Waals surface area contributed by atoms with E-state index in [4.69, 9.17) is 4.74 Å². The molecule has 0 radical (unpaired) electrons. The van der Waals surface area contributed by atoms with E-state index in [1.54, 1.807) is 11.0 Å². The van der Waals surface area contributed by atoms with Crippen molar-refractivity contribution in [1.29, 1.82) is 0 Å². The molecule has 7 heteroatoms. The molecular weight excluding hydrogens is 340 g/mol. The van der Waals surface area contributed by atoms with Gasteiger partial charge >= 0.3 is 6.09 Å². The van der Waals surface area contributed by atoms with E-state index in [-0.39, 0.29) is 5.69 Å². The monoisotopic (exact) mass is 356 g/mol. The summed E-state index contributed by atoms with van der Waals surface area (Å²) in [6.45, 7) is 5.97. The maximum absolute atomic E-state index is 12.3. The second-order valence-electron chi connectivity index (χ2n) is 5.92. The van der Waals surface area contributed by atoms with Crippen LogP contribution in [0.3, 0.4) is 0 Å². The van der Waals surface area contributed by atoms with Crippen LogP contribution >= 0.6 is 15.9 Å². The Labute approximate surface area is 131 Å². The van der Waals surface area contributed by atoms with Crippen molar-refractivity contribution in [1.82, 2.24) is 0 Å². The third-order valence-electron chi connectivity index (χ3n) is 3.08. The van der Waals surface area contributed by atoms with E-state index in [0.717, 1.165) is 12.0 Å². The second-order valence-corrected chi connectivity index (χ2v) is 6.78. The molecule has 6 nitrogen and oxygen atoms in total. The van der Waals surface area contributed by atoms with Crippen molar-refractivity contribution in [2.75, 3.05) is 11.4 Å². The average molecular weight is 357 g/mol. The van der Waals surface area contributed by atoms with Gasteiger partial charge in [0.1, 0.15) is 5.60 Å². The third-order valence-corrected chi connectivity index (χ3v) is 3.71. The Morgan fingerprint density at radius 1 is 1.43 bits per heavy atom. The first-order valence-electron chi connectivity index (χ1n) is 6.66. The van der Waals surface area contributed by atoms with Crippen molar-refractivity contribution < 1.29 is 14.5 Å². The number of nitro groups is 1. The molecule has 1 aromatic rings. The molecule has 0 saturated carbocycles. The molecule has 0 aromatic heterocycles. The van der Waals surface area contributed by atoms with Crippen molar-refractivity contribution >= 4 is 33.4 Å². The van der Waals surface area contributed by atoms with Gasteiger partial charge in [0.15, 0.2) is 0 Å². The summed E-state index contributed by atoms with van der Waals surface area (Å²) in [7, 11) is 0. The SMILES string of the molecule is CC(C)(C)OC(=O)N1CCCc2cc([N+](=O)[O-])c(Br)cc21. The minimum absolute atomic E-state index is 0.0137. The number of hydrogen-bond donors (Lipinski definition) is 0. The van der Waals surface area contributed by atoms with Gasteiger partial charge in [-0.3, -0.25) is 15.0 Å². The van der Waals surface area contributed by atoms with E-state index < -0.39 is 16.6 Å². The Hall–Kier alpha value is -1.63. The highest BCUT2D eigenvalue weighted by Gasteiger charge is 2.29. The first kappa shape index (κ1) is 15.8. The molecule has 2 rings (SSSR count). The van der Waals surface area contributed by atoms with Gasteiger partial charge in [-0.1, -0.05) is 0 Å². The summed E-state index contributed by atoms with van der Waals surface area (Å²) in [5.41, 5.74) is 0.905. The summed E-state index contributed by atoms with van der Waals surface area (Å²) in [6.07, 6.45) is 1.04. The molecular formula is C14H17BrN2O4. The molecule has 0 unspecified atom stereocenters. The fourth-order valence-corrected chi connectivity index (χ4v) is 2.72. The van der Waals surface area contributed by atoms with Crippen molar-refractivity contribution in [3.63, 3.8) is 0 Å². The number of anilines is 1. The number of halogens is 1. The first-order valence-corrected chi connectivity index (χ1v) is 7.45. The highest BCUT2D eigenvalue weighted by molar-refractivity contribution is 9.10. The summed E-state index contributed by atoms with van der Waals surface area (Å²) >= 11 is 3.19. The molecule has 1 aliphatic rings. The van der Waals surface area contributed by atoms with Gasteiger partial charge in [0, 0.05) is 12.6 Å². The molecule has 1 amide bonds. The van der Waals surface area contributed by atoms with Crippen LogP contribution < -0.4 is 4.90 Å². The van der Waals surface area contributed by atoms with Crippen LogP contribution in [-0.2, 0) is 11.2 Å². The van der Waals surface area contributed by atoms with Gasteiger partial charge in [-0.25, -0.2) is 4.79 Å². The molecule has 0 fully saturated rings. The molecule has 0 saturated heterocycles. The van der Waals surface area contributed by atoms with Crippen molar-refractivity contribution in [2.45, 2.75) is 39.2 Å². The van der Waals surface area contributed by atoms with E-state index in [1.165, 1.54) is 6.07 Å². The van der Waals surface area contributed by atoms with Crippen LogP contribution in [0.5, 0.6) is 0 Å². The van der Waals surface area contributed by atoms with E-state index in [1.807, 2.05) is 20.8 Å². The van der Waals surface area contributed by atoms with E-state index in [9.17, 15) is 14.9 Å². The number of fused-ring (bicyclic) bond motifs is 1. The predicted molar refractivity (Wildman–Crippen MR) is 82.7 cm³/mol. The van der Waals surface area contributed by atoms with Gasteiger partial charge in [-0.05, 0) is 61.2 Å². The summed E-state index contributed by atoms with van der Waals surface area (Å²) in [5, 5.41) is 11.0. The Balaban J connectivity index is 2.38. The zero-order valence-corrected chi connectivity index (χ0v) is 13.8. The lowest BCUT2D eigenvalue weighted by Gasteiger charge is -2.31. The molecule has 1 aromatic carbocycles. The summed E-state index contributed by atoms with van der Waals surface area (Å²) in [6, 6.07) is 3.15. The number of hydrogen-bond acceptors (Lipinski definition) is 4. The van der Waals surface area contributed by atoms with E-state index in [0.29, 0.717) is 23.1 Å². The molecule has 0 bridgehead atoms. The number of carbonyl (C=O) groups is 1. The van der Waals surface area contributed by atoms with Crippen LogP contribution in [-0.4, -0.2) is 23.2 Å². The molecule has 1 aliphatic heterocycles. The zero-order chi connectivity index (χ0) is 15.8. The van der Waals surface area contributed by atoms with Gasteiger partial charge in [0.25, 0.3) is 5.69 Å². The molecule has 0 aliphatic carbocycles. The lowest BCUT2D eigenvalue weighted by atomic mass is 10.0. The lowest BCUT2D eigenvalue weighted by molar-refractivity contribution is -0.385. The maximum Gasteiger partial charge on any atom is 0.414 e. The van der Waals surface area contributed by atoms with Crippen molar-refractivity contribution in [2.24, 2.45) is 0 Å². The van der Waals surface area contributed by atoms with Crippen molar-refractivity contribution in [3.8, 4) is 0 Å². The maximum atomic E-state index is 12.3. The van der Waals surface area contributed by atoms with Gasteiger partial charge in [-0.15, -0.1) is 0 Å². The minimum atomic E-state index is -0.577. The third kappa shape index (κ3) is 3.53. The Kier molecular flexibility index (Phi) is 4.22. The molecule has 0 spiro atoms. The molecule has 0 N–H and O–H groups in total. The molecule has 0 atom stereocenters. The average Bonchev–Trinajstić information content (AvgIpc) is 2.34. The van der Waals surface area contributed by atoms with Gasteiger partial charge in [0.2, 0.25) is 0 Å². The highest BCUT2D eigenvalue weighted by Crippen LogP contribution is 2.36. The standard InChI is InChI=1S/C14H17BrN2O4/c1-14(2,3)21-13(18)16-6-4-5-9-7-12(17(19)20)10(15)8-11(9)16/h7-8H,4-6H2,1-3H3. The van der Waals surface area contributed by atoms with E-state index in [2.05, 4.69) is 15.9 Å². The van der Waals surface area contributed by atoms with Crippen LogP contribution in [0.25, 0.3) is 0 Å². The number of nitrogens with zero attached hydrogens (tertiary/aromatic N) is 2. The van der Waals surface area contributed by atoms with Crippen molar-refractivity contribution in [3.05, 3.63) is 32.3 Å². The second kappa shape index (κ2) is 5.63. The Bertz CT molecular complexity index is 595. The number of amides is 1. The number of nitro benzene ring substituents is 1. The molecule has 1 heterocycles. The normalized spacial score (nSPS) is 14.6. The number of ether oxygens (including phenoxy) is 1. The topological polar surface area (TPSA) is 72.7 Å². The fraction of sp³-hybridized carbons (Fsp3) is 0.500. The van der Waals surface area contributed by atoms with Gasteiger partial charge in [-0.2, -0.15) is 0 Å². The first-order chi connectivity index (χ1) is 9.69. The number of aryl methyl sites for hydroxylation is 1. The zero-order valence-electron chi connectivity index (χ0n) is 12.2. The molecule has 21 heavy (non-hydrogen) atoms. The van der Waals surface area contributed by atoms with Crippen LogP contribution in [0.1, 0.15) is 32.8 Å². The van der Waals surface area contributed by atoms with Crippen LogP contribution in [0.15, 0.2) is 16.6 Å². The summed E-state index contributed by atoms with van der Waals surface area (Å²) in [5.74, 6) is 0. The number of carbonyl (C=O) groups excluding carboxylic acids is 1. The van der Waals surface area contributed by atoms with Gasteiger partial charge < -0.3 is 4.74 Å². The largest absolute Gasteiger partial charge is 0.443 e. The minimum Gasteiger partial charge on any atom is -0.443 e. The van der Waals surface area contributed by atoms with Crippen LogP contribution in [0.2, 0.25) is 0 Å². The number of benzene rings is 1. The predicted octanol–water partition coefficient (Wildman–Crippen LogP) is 4.05. The van der Waals surface area contributed by atoms with E-state index >= 15 is 0 Å². The Morgan fingerprint density at radius 2 is 2.10 bits per heavy atom. The van der Waals surface area contributed by atoms with Crippen LogP contribution in [0, 0.1) is 10.1 Å². The number of rotatable bonds is 1. The van der Waals surface area contributed by atoms with Crippen LogP contribution in [0.4, 0.5) is 16.2 Å². The smallest absolute Gasteiger partial charge is 0.414 e. The Morgan fingerprint density at radius 3 is 2.67 bits per heavy atom. The quantitative estimate of drug-likeness (QED) is 0.562. The summed E-state index contributed by atoms with van der Waals surface area (Å²) in [4.78, 5) is 24.3. The highest BCUT2D eigenvalue weighted by atomic mass is 79.9. The fourth-order valence-electron chi connectivity index (χ4n) is 2.24. The molecule has 114 valence electrons. The van der Waals surface area contributed by atoms with Gasteiger partial charge in [0.05, 0.1) is 15.1 Å².